The minimum atomic E-state index is -0.393. The lowest BCUT2D eigenvalue weighted by molar-refractivity contribution is -0.146. The summed E-state index contributed by atoms with van der Waals surface area (Å²) in [6, 6.07) is 0. The molecule has 1 fully saturated rings. The Morgan fingerprint density at radius 2 is 2.00 bits per heavy atom. The largest absolute Gasteiger partial charge is 0.466 e. The fraction of sp³-hybridized carbons (Fsp3) is 0.778. The van der Waals surface area contributed by atoms with Gasteiger partial charge in [0.15, 0.2) is 0 Å². The lowest BCUT2D eigenvalue weighted by atomic mass is 10.0. The van der Waals surface area contributed by atoms with Crippen LogP contribution in [0.4, 0.5) is 0 Å². The number of Topliss-reactive ketones (excluding diaryl/α,β-unsaturated/α-hetero) is 1. The molecule has 1 rings (SSSR count). The van der Waals surface area contributed by atoms with E-state index >= 15 is 0 Å². The van der Waals surface area contributed by atoms with Crippen LogP contribution in [0.5, 0.6) is 0 Å². The first-order chi connectivity index (χ1) is 5.58. The van der Waals surface area contributed by atoms with Crippen LogP contribution in [-0.4, -0.2) is 18.4 Å². The van der Waals surface area contributed by atoms with Crippen molar-refractivity contribution in [3.8, 4) is 0 Å². The van der Waals surface area contributed by atoms with Gasteiger partial charge in [-0.15, -0.1) is 0 Å². The fourth-order valence-electron chi connectivity index (χ4n) is 1.02. The monoisotopic (exact) mass is 170 g/mol. The Balaban J connectivity index is 2.31. The highest BCUT2D eigenvalue weighted by Gasteiger charge is 2.44. The highest BCUT2D eigenvalue weighted by atomic mass is 16.5. The van der Waals surface area contributed by atoms with Crippen molar-refractivity contribution in [3.63, 3.8) is 0 Å². The highest BCUT2D eigenvalue weighted by Crippen LogP contribution is 2.46. The van der Waals surface area contributed by atoms with Crippen molar-refractivity contribution in [2.45, 2.75) is 33.1 Å². The van der Waals surface area contributed by atoms with Gasteiger partial charge in [0.05, 0.1) is 6.61 Å². The standard InChI is InChI=1S/C9H14O3/c1-3-12-8(11)6-7(10)9(2)4-5-9/h3-6H2,1-2H3. The Kier molecular flexibility index (Phi) is 2.50. The molecule has 0 radical (unpaired) electrons. The Morgan fingerprint density at radius 1 is 1.42 bits per heavy atom. The van der Waals surface area contributed by atoms with Crippen molar-refractivity contribution < 1.29 is 14.3 Å². The van der Waals surface area contributed by atoms with Crippen LogP contribution in [0.1, 0.15) is 33.1 Å². The summed E-state index contributed by atoms with van der Waals surface area (Å²) in [5, 5.41) is 0. The number of carbonyl (C=O) groups is 2. The van der Waals surface area contributed by atoms with Gasteiger partial charge in [0.2, 0.25) is 0 Å². The molecule has 0 aromatic carbocycles. The summed E-state index contributed by atoms with van der Waals surface area (Å²) in [6.07, 6.45) is 1.79. The van der Waals surface area contributed by atoms with Crippen LogP contribution in [0.25, 0.3) is 0 Å². The first kappa shape index (κ1) is 9.23. The molecular weight excluding hydrogens is 156 g/mol. The number of carbonyl (C=O) groups excluding carboxylic acids is 2. The molecule has 0 N–H and O–H groups in total. The molecule has 68 valence electrons. The molecule has 0 aromatic rings. The van der Waals surface area contributed by atoms with Gasteiger partial charge in [0, 0.05) is 5.41 Å². The molecule has 0 spiro atoms. The normalized spacial score (nSPS) is 18.5. The van der Waals surface area contributed by atoms with Crippen LogP contribution in [-0.2, 0) is 14.3 Å². The van der Waals surface area contributed by atoms with Crippen LogP contribution in [0.3, 0.4) is 0 Å². The summed E-state index contributed by atoms with van der Waals surface area (Å²) in [5.74, 6) is -0.364. The minimum Gasteiger partial charge on any atom is -0.466 e. The first-order valence-electron chi connectivity index (χ1n) is 4.27. The molecule has 3 nitrogen and oxygen atoms in total. The van der Waals surface area contributed by atoms with Gasteiger partial charge in [0.25, 0.3) is 0 Å². The van der Waals surface area contributed by atoms with Crippen LogP contribution in [0.2, 0.25) is 0 Å². The van der Waals surface area contributed by atoms with E-state index in [9.17, 15) is 9.59 Å². The van der Waals surface area contributed by atoms with E-state index in [2.05, 4.69) is 4.74 Å². The second-order valence-corrected chi connectivity index (χ2v) is 3.47. The second kappa shape index (κ2) is 3.25. The van der Waals surface area contributed by atoms with Crippen molar-refractivity contribution in [3.05, 3.63) is 0 Å². The molecule has 0 amide bonds. The van der Waals surface area contributed by atoms with E-state index in [4.69, 9.17) is 0 Å². The van der Waals surface area contributed by atoms with Gasteiger partial charge in [-0.25, -0.2) is 0 Å². The van der Waals surface area contributed by atoms with E-state index in [0.717, 1.165) is 12.8 Å². The molecule has 1 saturated carbocycles. The highest BCUT2D eigenvalue weighted by molar-refractivity contribution is 5.99. The number of hydrogen-bond acceptors (Lipinski definition) is 3. The molecule has 0 unspecified atom stereocenters. The van der Waals surface area contributed by atoms with Gasteiger partial charge in [-0.2, -0.15) is 0 Å². The number of rotatable bonds is 4. The van der Waals surface area contributed by atoms with Crippen molar-refractivity contribution >= 4 is 11.8 Å². The average molecular weight is 170 g/mol. The van der Waals surface area contributed by atoms with Gasteiger partial charge in [-0.05, 0) is 19.8 Å². The third-order valence-electron chi connectivity index (χ3n) is 2.28. The number of ether oxygens (including phenoxy) is 1. The summed E-state index contributed by atoms with van der Waals surface area (Å²) >= 11 is 0. The SMILES string of the molecule is CCOC(=O)CC(=O)C1(C)CC1. The molecule has 0 bridgehead atoms. The molecule has 0 aliphatic heterocycles. The predicted molar refractivity (Wildman–Crippen MR) is 43.6 cm³/mol. The Bertz CT molecular complexity index is 204. The summed E-state index contributed by atoms with van der Waals surface area (Å²) < 4.78 is 4.68. The van der Waals surface area contributed by atoms with Gasteiger partial charge in [-0.1, -0.05) is 6.92 Å². The molecule has 3 heteroatoms. The summed E-state index contributed by atoms with van der Waals surface area (Å²) in [4.78, 5) is 22.2. The zero-order valence-electron chi connectivity index (χ0n) is 7.55. The van der Waals surface area contributed by atoms with E-state index in [1.165, 1.54) is 0 Å². The quantitative estimate of drug-likeness (QED) is 0.472. The molecule has 0 saturated heterocycles. The van der Waals surface area contributed by atoms with E-state index in [0.29, 0.717) is 6.61 Å². The van der Waals surface area contributed by atoms with Crippen molar-refractivity contribution in [2.24, 2.45) is 5.41 Å². The van der Waals surface area contributed by atoms with Crippen molar-refractivity contribution in [2.75, 3.05) is 6.61 Å². The predicted octanol–water partition coefficient (Wildman–Crippen LogP) is 1.31. The van der Waals surface area contributed by atoms with E-state index < -0.39 is 5.97 Å². The molecular formula is C9H14O3. The zero-order valence-corrected chi connectivity index (χ0v) is 7.55. The molecule has 0 atom stereocenters. The maximum Gasteiger partial charge on any atom is 0.313 e. The van der Waals surface area contributed by atoms with Crippen molar-refractivity contribution in [1.82, 2.24) is 0 Å². The van der Waals surface area contributed by atoms with E-state index in [1.807, 2.05) is 6.92 Å². The number of esters is 1. The smallest absolute Gasteiger partial charge is 0.313 e. The van der Waals surface area contributed by atoms with Gasteiger partial charge in [0.1, 0.15) is 12.2 Å². The Morgan fingerprint density at radius 3 is 2.42 bits per heavy atom. The van der Waals surface area contributed by atoms with Crippen LogP contribution >= 0.6 is 0 Å². The van der Waals surface area contributed by atoms with Crippen molar-refractivity contribution in [1.29, 1.82) is 0 Å². The molecule has 0 heterocycles. The third-order valence-corrected chi connectivity index (χ3v) is 2.28. The molecule has 12 heavy (non-hydrogen) atoms. The minimum absolute atomic E-state index is 0.0287. The molecule has 1 aliphatic carbocycles. The lowest BCUT2D eigenvalue weighted by Gasteiger charge is -2.05. The summed E-state index contributed by atoms with van der Waals surface area (Å²) in [6.45, 7) is 3.98. The second-order valence-electron chi connectivity index (χ2n) is 3.47. The zero-order chi connectivity index (χ0) is 9.19. The number of hydrogen-bond donors (Lipinski definition) is 0. The van der Waals surface area contributed by atoms with Crippen LogP contribution in [0, 0.1) is 5.41 Å². The van der Waals surface area contributed by atoms with Gasteiger partial charge < -0.3 is 4.74 Å². The maximum atomic E-state index is 11.3. The fourth-order valence-corrected chi connectivity index (χ4v) is 1.02. The first-order valence-corrected chi connectivity index (χ1v) is 4.27. The Labute approximate surface area is 72.1 Å². The molecule has 1 aliphatic rings. The summed E-state index contributed by atoms with van der Waals surface area (Å²) in [5.41, 5.74) is -0.202. The topological polar surface area (TPSA) is 43.4 Å². The van der Waals surface area contributed by atoms with Crippen LogP contribution in [0.15, 0.2) is 0 Å². The maximum absolute atomic E-state index is 11.3. The number of ketones is 1. The molecule has 0 aromatic heterocycles. The summed E-state index contributed by atoms with van der Waals surface area (Å²) in [7, 11) is 0. The third kappa shape index (κ3) is 2.06. The van der Waals surface area contributed by atoms with Crippen LogP contribution < -0.4 is 0 Å². The van der Waals surface area contributed by atoms with Gasteiger partial charge >= 0.3 is 5.97 Å². The average Bonchev–Trinajstić information content (AvgIpc) is 2.69. The Hall–Kier alpha value is -0.860. The van der Waals surface area contributed by atoms with E-state index in [-0.39, 0.29) is 17.6 Å². The van der Waals surface area contributed by atoms with E-state index in [1.54, 1.807) is 6.92 Å². The lowest BCUT2D eigenvalue weighted by Crippen LogP contribution is -2.18. The van der Waals surface area contributed by atoms with Gasteiger partial charge in [-0.3, -0.25) is 9.59 Å².